The number of hydrogen-bond donors (Lipinski definition) is 2. The largest absolute Gasteiger partial charge is 0.381 e. The first-order valence-corrected chi connectivity index (χ1v) is 6.84. The van der Waals surface area contributed by atoms with Crippen LogP contribution in [0.5, 0.6) is 0 Å². The van der Waals surface area contributed by atoms with Crippen LogP contribution >= 0.6 is 0 Å². The number of carbonyl (C=O) groups is 1. The highest BCUT2D eigenvalue weighted by Crippen LogP contribution is 2.18. The van der Waals surface area contributed by atoms with Gasteiger partial charge >= 0.3 is 6.03 Å². The lowest BCUT2D eigenvalue weighted by Gasteiger charge is -2.12. The summed E-state index contributed by atoms with van der Waals surface area (Å²) in [5.74, 6) is 0. The minimum Gasteiger partial charge on any atom is -0.381 e. The highest BCUT2D eigenvalue weighted by atomic mass is 16.5. The van der Waals surface area contributed by atoms with Gasteiger partial charge in [0.15, 0.2) is 0 Å². The molecule has 1 rings (SSSR count). The molecule has 0 spiro atoms. The third-order valence-electron chi connectivity index (χ3n) is 2.82. The van der Waals surface area contributed by atoms with Gasteiger partial charge in [0, 0.05) is 25.4 Å². The number of amides is 2. The number of para-hydroxylation sites is 1. The van der Waals surface area contributed by atoms with Crippen LogP contribution in [-0.2, 0) is 4.74 Å². The fraction of sp³-hybridized carbons (Fsp3) is 0.533. The van der Waals surface area contributed by atoms with Crippen molar-refractivity contribution in [3.05, 3.63) is 29.3 Å². The summed E-state index contributed by atoms with van der Waals surface area (Å²) in [5.41, 5.74) is 3.03. The van der Waals surface area contributed by atoms with E-state index in [1.807, 2.05) is 32.0 Å². The molecule has 1 aromatic rings. The van der Waals surface area contributed by atoms with Gasteiger partial charge in [-0.1, -0.05) is 25.1 Å². The molecule has 0 fully saturated rings. The van der Waals surface area contributed by atoms with Gasteiger partial charge < -0.3 is 15.4 Å². The topological polar surface area (TPSA) is 50.4 Å². The number of anilines is 1. The second kappa shape index (κ2) is 8.53. The van der Waals surface area contributed by atoms with Crippen LogP contribution in [-0.4, -0.2) is 25.8 Å². The number of hydrogen-bond acceptors (Lipinski definition) is 2. The second-order valence-electron chi connectivity index (χ2n) is 4.61. The van der Waals surface area contributed by atoms with Crippen molar-refractivity contribution in [3.8, 4) is 0 Å². The molecule has 0 saturated carbocycles. The maximum absolute atomic E-state index is 11.7. The number of ether oxygens (including phenoxy) is 1. The quantitative estimate of drug-likeness (QED) is 0.743. The van der Waals surface area contributed by atoms with Gasteiger partial charge in [-0.25, -0.2) is 4.79 Å². The summed E-state index contributed by atoms with van der Waals surface area (Å²) in [5, 5.41) is 5.72. The van der Waals surface area contributed by atoms with E-state index < -0.39 is 0 Å². The Morgan fingerprint density at radius 3 is 2.53 bits per heavy atom. The minimum absolute atomic E-state index is 0.159. The molecule has 0 aliphatic rings. The van der Waals surface area contributed by atoms with Crippen molar-refractivity contribution >= 4 is 11.7 Å². The van der Waals surface area contributed by atoms with Crippen LogP contribution < -0.4 is 10.6 Å². The molecule has 0 aromatic heterocycles. The van der Waals surface area contributed by atoms with Gasteiger partial charge in [-0.3, -0.25) is 0 Å². The molecule has 0 heterocycles. The summed E-state index contributed by atoms with van der Waals surface area (Å²) in [7, 11) is 0. The maximum Gasteiger partial charge on any atom is 0.319 e. The van der Waals surface area contributed by atoms with E-state index in [1.165, 1.54) is 0 Å². The zero-order chi connectivity index (χ0) is 14.1. The van der Waals surface area contributed by atoms with E-state index in [-0.39, 0.29) is 6.03 Å². The highest BCUT2D eigenvalue weighted by Gasteiger charge is 2.05. The molecule has 1 aromatic carbocycles. The predicted molar refractivity (Wildman–Crippen MR) is 78.7 cm³/mol. The molecule has 0 bridgehead atoms. The molecular formula is C15H24N2O2. The van der Waals surface area contributed by atoms with Crippen molar-refractivity contribution in [2.45, 2.75) is 33.6 Å². The molecule has 106 valence electrons. The summed E-state index contributed by atoms with van der Waals surface area (Å²) in [6.45, 7) is 8.16. The Morgan fingerprint density at radius 2 is 1.89 bits per heavy atom. The van der Waals surface area contributed by atoms with Crippen molar-refractivity contribution in [2.24, 2.45) is 0 Å². The lowest BCUT2D eigenvalue weighted by atomic mass is 10.1. The SMILES string of the molecule is CCCOCCCNC(=O)Nc1c(C)cccc1C. The molecule has 0 unspecified atom stereocenters. The molecule has 2 amide bonds. The average molecular weight is 264 g/mol. The van der Waals surface area contributed by atoms with Crippen molar-refractivity contribution < 1.29 is 9.53 Å². The molecule has 0 saturated heterocycles. The smallest absolute Gasteiger partial charge is 0.319 e. The van der Waals surface area contributed by atoms with Gasteiger partial charge in [0.05, 0.1) is 0 Å². The Hall–Kier alpha value is -1.55. The van der Waals surface area contributed by atoms with Crippen molar-refractivity contribution in [3.63, 3.8) is 0 Å². The molecule has 2 N–H and O–H groups in total. The molecule has 4 heteroatoms. The summed E-state index contributed by atoms with van der Waals surface area (Å²) in [6, 6.07) is 5.80. The lowest BCUT2D eigenvalue weighted by molar-refractivity contribution is 0.132. The molecule has 0 aliphatic heterocycles. The van der Waals surface area contributed by atoms with E-state index in [0.717, 1.165) is 36.3 Å². The monoisotopic (exact) mass is 264 g/mol. The van der Waals surface area contributed by atoms with Gasteiger partial charge in [-0.15, -0.1) is 0 Å². The van der Waals surface area contributed by atoms with Gasteiger partial charge in [0.2, 0.25) is 0 Å². The lowest BCUT2D eigenvalue weighted by Crippen LogP contribution is -2.30. The molecule has 4 nitrogen and oxygen atoms in total. The number of urea groups is 1. The first kappa shape index (κ1) is 15.5. The fourth-order valence-electron chi connectivity index (χ4n) is 1.79. The van der Waals surface area contributed by atoms with E-state index in [2.05, 4.69) is 17.6 Å². The van der Waals surface area contributed by atoms with E-state index in [9.17, 15) is 4.79 Å². The molecule has 0 aliphatic carbocycles. The molecule has 0 atom stereocenters. The Kier molecular flexibility index (Phi) is 6.97. The van der Waals surface area contributed by atoms with E-state index >= 15 is 0 Å². The van der Waals surface area contributed by atoms with Crippen LogP contribution in [0.3, 0.4) is 0 Å². The second-order valence-corrected chi connectivity index (χ2v) is 4.61. The maximum atomic E-state index is 11.7. The average Bonchev–Trinajstić information content (AvgIpc) is 2.38. The zero-order valence-electron chi connectivity index (χ0n) is 12.1. The van der Waals surface area contributed by atoms with Gasteiger partial charge in [0.1, 0.15) is 0 Å². The fourth-order valence-corrected chi connectivity index (χ4v) is 1.79. The number of benzene rings is 1. The molecular weight excluding hydrogens is 240 g/mol. The van der Waals surface area contributed by atoms with Crippen molar-refractivity contribution in [2.75, 3.05) is 25.1 Å². The first-order chi connectivity index (χ1) is 9.15. The third kappa shape index (κ3) is 5.75. The summed E-state index contributed by atoms with van der Waals surface area (Å²) >= 11 is 0. The predicted octanol–water partition coefficient (Wildman–Crippen LogP) is 3.24. The normalized spacial score (nSPS) is 10.3. The van der Waals surface area contributed by atoms with Crippen LogP contribution in [0.4, 0.5) is 10.5 Å². The van der Waals surface area contributed by atoms with Crippen LogP contribution in [0.15, 0.2) is 18.2 Å². The summed E-state index contributed by atoms with van der Waals surface area (Å²) in [6.07, 6.45) is 1.86. The van der Waals surface area contributed by atoms with E-state index in [1.54, 1.807) is 0 Å². The van der Waals surface area contributed by atoms with E-state index in [4.69, 9.17) is 4.74 Å². The van der Waals surface area contributed by atoms with Crippen LogP contribution in [0.2, 0.25) is 0 Å². The van der Waals surface area contributed by atoms with Crippen LogP contribution in [0.1, 0.15) is 30.9 Å². The number of carbonyl (C=O) groups excluding carboxylic acids is 1. The Morgan fingerprint density at radius 1 is 1.21 bits per heavy atom. The third-order valence-corrected chi connectivity index (χ3v) is 2.82. The Bertz CT molecular complexity index is 385. The number of aryl methyl sites for hydroxylation is 2. The van der Waals surface area contributed by atoms with Crippen molar-refractivity contribution in [1.29, 1.82) is 0 Å². The minimum atomic E-state index is -0.159. The summed E-state index contributed by atoms with van der Waals surface area (Å²) in [4.78, 5) is 11.7. The van der Waals surface area contributed by atoms with Crippen molar-refractivity contribution in [1.82, 2.24) is 5.32 Å². The number of nitrogens with one attached hydrogen (secondary N) is 2. The van der Waals surface area contributed by atoms with Crippen LogP contribution in [0.25, 0.3) is 0 Å². The molecule has 19 heavy (non-hydrogen) atoms. The summed E-state index contributed by atoms with van der Waals surface area (Å²) < 4.78 is 5.35. The first-order valence-electron chi connectivity index (χ1n) is 6.84. The standard InChI is InChI=1S/C15H24N2O2/c1-4-10-19-11-6-9-16-15(18)17-14-12(2)7-5-8-13(14)3/h5,7-8H,4,6,9-11H2,1-3H3,(H2,16,17,18). The van der Waals surface area contributed by atoms with Gasteiger partial charge in [-0.2, -0.15) is 0 Å². The van der Waals surface area contributed by atoms with E-state index in [0.29, 0.717) is 13.2 Å². The Labute approximate surface area is 115 Å². The van der Waals surface area contributed by atoms with Crippen LogP contribution in [0, 0.1) is 13.8 Å². The van der Waals surface area contributed by atoms with Gasteiger partial charge in [0.25, 0.3) is 0 Å². The highest BCUT2D eigenvalue weighted by molar-refractivity contribution is 5.90. The zero-order valence-corrected chi connectivity index (χ0v) is 12.1. The van der Waals surface area contributed by atoms with Gasteiger partial charge in [-0.05, 0) is 37.8 Å². The number of rotatable bonds is 7. The Balaban J connectivity index is 2.28. The molecule has 0 radical (unpaired) electrons.